The van der Waals surface area contributed by atoms with Gasteiger partial charge in [-0.3, -0.25) is 4.79 Å². The fraction of sp³-hybridized carbons (Fsp3) is 0.125. The van der Waals surface area contributed by atoms with Crippen molar-refractivity contribution in [2.24, 2.45) is 5.73 Å². The van der Waals surface area contributed by atoms with Gasteiger partial charge in [-0.25, -0.2) is 0 Å². The molecule has 0 fully saturated rings. The SMILES string of the molecule is CN(Cc1cccc(C#N)c1)c1ccc(C(N)=O)cc1N. The van der Waals surface area contributed by atoms with Gasteiger partial charge >= 0.3 is 0 Å². The van der Waals surface area contributed by atoms with Crippen LogP contribution in [0, 0.1) is 11.3 Å². The predicted molar refractivity (Wildman–Crippen MR) is 82.6 cm³/mol. The Labute approximate surface area is 123 Å². The molecule has 2 aromatic carbocycles. The summed E-state index contributed by atoms with van der Waals surface area (Å²) in [6.45, 7) is 0.607. The molecular weight excluding hydrogens is 264 g/mol. The van der Waals surface area contributed by atoms with Gasteiger partial charge in [-0.1, -0.05) is 12.1 Å². The molecule has 0 aliphatic carbocycles. The molecule has 0 unspecified atom stereocenters. The standard InChI is InChI=1S/C16H16N4O/c1-20(10-12-4-2-3-11(7-12)9-17)15-6-5-13(16(19)21)8-14(15)18/h2-8H,10,18H2,1H3,(H2,19,21). The lowest BCUT2D eigenvalue weighted by Crippen LogP contribution is -2.19. The van der Waals surface area contributed by atoms with Crippen molar-refractivity contribution in [3.8, 4) is 6.07 Å². The zero-order valence-corrected chi connectivity index (χ0v) is 11.7. The summed E-state index contributed by atoms with van der Waals surface area (Å²) in [5.74, 6) is -0.502. The van der Waals surface area contributed by atoms with Crippen molar-refractivity contribution < 1.29 is 4.79 Å². The number of primary amides is 1. The maximum atomic E-state index is 11.1. The Morgan fingerprint density at radius 1 is 1.29 bits per heavy atom. The number of carbonyl (C=O) groups excluding carboxylic acids is 1. The minimum atomic E-state index is -0.502. The number of hydrogen-bond acceptors (Lipinski definition) is 4. The summed E-state index contributed by atoms with van der Waals surface area (Å²) in [7, 11) is 1.90. The monoisotopic (exact) mass is 280 g/mol. The van der Waals surface area contributed by atoms with Gasteiger partial charge in [0.05, 0.1) is 23.0 Å². The summed E-state index contributed by atoms with van der Waals surface area (Å²) >= 11 is 0. The highest BCUT2D eigenvalue weighted by atomic mass is 16.1. The molecule has 5 nitrogen and oxygen atoms in total. The molecule has 0 bridgehead atoms. The average Bonchev–Trinajstić information content (AvgIpc) is 2.47. The number of benzene rings is 2. The lowest BCUT2D eigenvalue weighted by atomic mass is 10.1. The van der Waals surface area contributed by atoms with Gasteiger partial charge < -0.3 is 16.4 Å². The number of carbonyl (C=O) groups is 1. The van der Waals surface area contributed by atoms with Crippen LogP contribution in [-0.4, -0.2) is 13.0 Å². The van der Waals surface area contributed by atoms with Crippen molar-refractivity contribution in [1.82, 2.24) is 0 Å². The summed E-state index contributed by atoms with van der Waals surface area (Å²) in [5, 5.41) is 8.91. The van der Waals surface area contributed by atoms with Gasteiger partial charge in [0.1, 0.15) is 0 Å². The molecular formula is C16H16N4O. The normalized spacial score (nSPS) is 9.90. The van der Waals surface area contributed by atoms with Crippen LogP contribution in [0.1, 0.15) is 21.5 Å². The van der Waals surface area contributed by atoms with E-state index in [1.165, 1.54) is 0 Å². The van der Waals surface area contributed by atoms with Gasteiger partial charge in [0, 0.05) is 19.2 Å². The van der Waals surface area contributed by atoms with E-state index in [0.717, 1.165) is 11.3 Å². The van der Waals surface area contributed by atoms with Crippen molar-refractivity contribution in [2.75, 3.05) is 17.7 Å². The first-order chi connectivity index (χ1) is 10.0. The molecule has 0 spiro atoms. The van der Waals surface area contributed by atoms with Gasteiger partial charge in [0.2, 0.25) is 5.91 Å². The molecule has 0 saturated carbocycles. The van der Waals surface area contributed by atoms with Gasteiger partial charge in [0.15, 0.2) is 0 Å². The van der Waals surface area contributed by atoms with Crippen LogP contribution in [0.25, 0.3) is 0 Å². The highest BCUT2D eigenvalue weighted by Gasteiger charge is 2.09. The Balaban J connectivity index is 2.22. The number of nitrogen functional groups attached to an aromatic ring is 1. The number of anilines is 2. The Kier molecular flexibility index (Phi) is 4.10. The molecule has 0 radical (unpaired) electrons. The molecule has 1 amide bonds. The van der Waals surface area contributed by atoms with Gasteiger partial charge in [0.25, 0.3) is 0 Å². The molecule has 4 N–H and O–H groups in total. The third-order valence-electron chi connectivity index (χ3n) is 3.20. The Morgan fingerprint density at radius 2 is 2.05 bits per heavy atom. The number of nitrogens with two attached hydrogens (primary N) is 2. The van der Waals surface area contributed by atoms with Crippen LogP contribution >= 0.6 is 0 Å². The highest BCUT2D eigenvalue weighted by Crippen LogP contribution is 2.24. The van der Waals surface area contributed by atoms with E-state index in [-0.39, 0.29) is 0 Å². The fourth-order valence-electron chi connectivity index (χ4n) is 2.15. The van der Waals surface area contributed by atoms with Crippen molar-refractivity contribution in [2.45, 2.75) is 6.54 Å². The second-order valence-corrected chi connectivity index (χ2v) is 4.81. The second-order valence-electron chi connectivity index (χ2n) is 4.81. The summed E-state index contributed by atoms with van der Waals surface area (Å²) < 4.78 is 0. The Morgan fingerprint density at radius 3 is 2.67 bits per heavy atom. The van der Waals surface area contributed by atoms with Crippen molar-refractivity contribution in [3.05, 3.63) is 59.2 Å². The van der Waals surface area contributed by atoms with Crippen molar-refractivity contribution in [3.63, 3.8) is 0 Å². The van der Waals surface area contributed by atoms with E-state index in [2.05, 4.69) is 6.07 Å². The van der Waals surface area contributed by atoms with E-state index in [1.54, 1.807) is 24.3 Å². The molecule has 0 aromatic heterocycles. The van der Waals surface area contributed by atoms with E-state index in [4.69, 9.17) is 16.7 Å². The molecule has 2 rings (SSSR count). The summed E-state index contributed by atoms with van der Waals surface area (Å²) in [5.41, 5.74) is 14.5. The maximum absolute atomic E-state index is 11.1. The van der Waals surface area contributed by atoms with Gasteiger partial charge in [-0.05, 0) is 35.9 Å². The van der Waals surface area contributed by atoms with Crippen molar-refractivity contribution >= 4 is 17.3 Å². The molecule has 21 heavy (non-hydrogen) atoms. The topological polar surface area (TPSA) is 96.1 Å². The molecule has 0 aliphatic heterocycles. The summed E-state index contributed by atoms with van der Waals surface area (Å²) in [4.78, 5) is 13.1. The second kappa shape index (κ2) is 5.97. The van der Waals surface area contributed by atoms with Crippen LogP contribution in [0.4, 0.5) is 11.4 Å². The first-order valence-electron chi connectivity index (χ1n) is 6.41. The summed E-state index contributed by atoms with van der Waals surface area (Å²) in [6, 6.07) is 14.5. The van der Waals surface area contributed by atoms with E-state index >= 15 is 0 Å². The van der Waals surface area contributed by atoms with Crippen LogP contribution < -0.4 is 16.4 Å². The first-order valence-corrected chi connectivity index (χ1v) is 6.41. The zero-order valence-electron chi connectivity index (χ0n) is 11.7. The molecule has 106 valence electrons. The lowest BCUT2D eigenvalue weighted by Gasteiger charge is -2.21. The minimum Gasteiger partial charge on any atom is -0.397 e. The smallest absolute Gasteiger partial charge is 0.248 e. The molecule has 2 aromatic rings. The van der Waals surface area contributed by atoms with Crippen LogP contribution in [0.15, 0.2) is 42.5 Å². The number of nitrogens with zero attached hydrogens (tertiary/aromatic N) is 2. The predicted octanol–water partition coefficient (Wildman–Crippen LogP) is 1.88. The van der Waals surface area contributed by atoms with Gasteiger partial charge in [-0.15, -0.1) is 0 Å². The largest absolute Gasteiger partial charge is 0.397 e. The number of amides is 1. The maximum Gasteiger partial charge on any atom is 0.248 e. The van der Waals surface area contributed by atoms with E-state index < -0.39 is 5.91 Å². The third-order valence-corrected chi connectivity index (χ3v) is 3.20. The van der Waals surface area contributed by atoms with E-state index in [1.807, 2.05) is 30.1 Å². The minimum absolute atomic E-state index is 0.385. The van der Waals surface area contributed by atoms with Crippen LogP contribution in [0.5, 0.6) is 0 Å². The van der Waals surface area contributed by atoms with Crippen LogP contribution in [0.2, 0.25) is 0 Å². The molecule has 5 heteroatoms. The van der Waals surface area contributed by atoms with Crippen LogP contribution in [-0.2, 0) is 6.54 Å². The van der Waals surface area contributed by atoms with Crippen LogP contribution in [0.3, 0.4) is 0 Å². The first kappa shape index (κ1) is 14.4. The number of nitriles is 1. The zero-order chi connectivity index (χ0) is 15.4. The van der Waals surface area contributed by atoms with Crippen molar-refractivity contribution in [1.29, 1.82) is 5.26 Å². The molecule has 0 aliphatic rings. The Hall–Kier alpha value is -3.00. The van der Waals surface area contributed by atoms with Gasteiger partial charge in [-0.2, -0.15) is 5.26 Å². The number of rotatable bonds is 4. The molecule has 0 saturated heterocycles. The summed E-state index contributed by atoms with van der Waals surface area (Å²) in [6.07, 6.45) is 0. The highest BCUT2D eigenvalue weighted by molar-refractivity contribution is 5.94. The van der Waals surface area contributed by atoms with E-state index in [9.17, 15) is 4.79 Å². The average molecular weight is 280 g/mol. The quantitative estimate of drug-likeness (QED) is 0.836. The fourth-order valence-corrected chi connectivity index (χ4v) is 2.15. The molecule has 0 heterocycles. The molecule has 0 atom stereocenters. The third kappa shape index (κ3) is 3.31. The van der Waals surface area contributed by atoms with E-state index in [0.29, 0.717) is 23.4 Å². The Bertz CT molecular complexity index is 718. The lowest BCUT2D eigenvalue weighted by molar-refractivity contribution is 0.100. The number of hydrogen-bond donors (Lipinski definition) is 2.